The van der Waals surface area contributed by atoms with Gasteiger partial charge in [0.15, 0.2) is 5.96 Å². The number of hydrogen-bond acceptors (Lipinski definition) is 4. The molecule has 1 aromatic rings. The fourth-order valence-corrected chi connectivity index (χ4v) is 4.17. The minimum Gasteiger partial charge on any atom is -0.381 e. The molecule has 26 heavy (non-hydrogen) atoms. The molecular formula is C17H27IN4O3S. The molecule has 0 aliphatic carbocycles. The van der Waals surface area contributed by atoms with E-state index in [-0.39, 0.29) is 29.4 Å². The Kier molecular flexibility index (Phi) is 7.14. The van der Waals surface area contributed by atoms with Crippen LogP contribution in [0.1, 0.15) is 18.4 Å². The number of hydrogen-bond donors (Lipinski definition) is 2. The summed E-state index contributed by atoms with van der Waals surface area (Å²) >= 11 is 0. The minimum absolute atomic E-state index is 0. The van der Waals surface area contributed by atoms with Gasteiger partial charge in [0.1, 0.15) is 0 Å². The second-order valence-corrected chi connectivity index (χ2v) is 8.65. The van der Waals surface area contributed by atoms with Crippen LogP contribution in [0.5, 0.6) is 0 Å². The summed E-state index contributed by atoms with van der Waals surface area (Å²) in [6, 6.07) is 7.38. The topological polar surface area (TPSA) is 83.0 Å². The van der Waals surface area contributed by atoms with Crippen LogP contribution in [-0.2, 0) is 21.3 Å². The molecule has 1 unspecified atom stereocenters. The van der Waals surface area contributed by atoms with E-state index in [1.54, 1.807) is 13.1 Å². The smallest absolute Gasteiger partial charge is 0.229 e. The minimum atomic E-state index is -3.31. The molecule has 1 atom stereocenters. The summed E-state index contributed by atoms with van der Waals surface area (Å²) in [5.74, 6) is 0.845. The van der Waals surface area contributed by atoms with Gasteiger partial charge in [0, 0.05) is 38.7 Å². The zero-order chi connectivity index (χ0) is 17.9. The number of benzene rings is 1. The molecule has 2 heterocycles. The van der Waals surface area contributed by atoms with E-state index in [9.17, 15) is 8.42 Å². The fourth-order valence-electron chi connectivity index (χ4n) is 3.57. The molecule has 0 saturated carbocycles. The maximum Gasteiger partial charge on any atom is 0.229 e. The maximum absolute atomic E-state index is 11.5. The SMILES string of the molecule is CN=C(NCc1ccccc1NS(C)(=O)=O)N1CCC2(CCOC2)C1.I. The predicted octanol–water partition coefficient (Wildman–Crippen LogP) is 1.86. The highest BCUT2D eigenvalue weighted by atomic mass is 127. The number of likely N-dealkylation sites (tertiary alicyclic amines) is 1. The van der Waals surface area contributed by atoms with Crippen molar-refractivity contribution in [1.29, 1.82) is 0 Å². The highest BCUT2D eigenvalue weighted by molar-refractivity contribution is 14.0. The summed E-state index contributed by atoms with van der Waals surface area (Å²) in [6.07, 6.45) is 3.39. The van der Waals surface area contributed by atoms with Crippen LogP contribution in [0.2, 0.25) is 0 Å². The summed E-state index contributed by atoms with van der Waals surface area (Å²) in [4.78, 5) is 6.66. The van der Waals surface area contributed by atoms with Crippen LogP contribution in [0.4, 0.5) is 5.69 Å². The number of para-hydroxylation sites is 1. The Hall–Kier alpha value is -1.07. The Morgan fingerprint density at radius 1 is 1.35 bits per heavy atom. The van der Waals surface area contributed by atoms with Crippen LogP contribution in [0.25, 0.3) is 0 Å². The molecule has 2 saturated heterocycles. The van der Waals surface area contributed by atoms with E-state index in [1.807, 2.05) is 18.2 Å². The molecule has 3 rings (SSSR count). The highest BCUT2D eigenvalue weighted by Gasteiger charge is 2.42. The number of rotatable bonds is 4. The number of sulfonamides is 1. The normalized spacial score (nSPS) is 23.2. The third kappa shape index (κ3) is 5.23. The van der Waals surface area contributed by atoms with Crippen LogP contribution < -0.4 is 10.0 Å². The number of nitrogens with one attached hydrogen (secondary N) is 2. The Labute approximate surface area is 172 Å². The van der Waals surface area contributed by atoms with Crippen LogP contribution >= 0.6 is 24.0 Å². The van der Waals surface area contributed by atoms with Gasteiger partial charge in [0.2, 0.25) is 10.0 Å². The summed E-state index contributed by atoms with van der Waals surface area (Å²) < 4.78 is 31.2. The lowest BCUT2D eigenvalue weighted by Crippen LogP contribution is -2.41. The molecule has 2 fully saturated rings. The van der Waals surface area contributed by atoms with Gasteiger partial charge in [-0.1, -0.05) is 18.2 Å². The second kappa shape index (κ2) is 8.75. The molecule has 1 aromatic carbocycles. The van der Waals surface area contributed by atoms with Gasteiger partial charge < -0.3 is 15.0 Å². The number of halogens is 1. The van der Waals surface area contributed by atoms with E-state index >= 15 is 0 Å². The van der Waals surface area contributed by atoms with Crippen molar-refractivity contribution < 1.29 is 13.2 Å². The van der Waals surface area contributed by atoms with Crippen molar-refractivity contribution in [3.8, 4) is 0 Å². The number of aliphatic imine (C=N–C) groups is 1. The zero-order valence-corrected chi connectivity index (χ0v) is 18.3. The van der Waals surface area contributed by atoms with E-state index in [2.05, 4.69) is 19.9 Å². The van der Waals surface area contributed by atoms with Crippen molar-refractivity contribution in [2.45, 2.75) is 19.4 Å². The second-order valence-electron chi connectivity index (χ2n) is 6.91. The number of anilines is 1. The summed E-state index contributed by atoms with van der Waals surface area (Å²) in [7, 11) is -1.53. The Morgan fingerprint density at radius 3 is 2.77 bits per heavy atom. The maximum atomic E-state index is 11.5. The van der Waals surface area contributed by atoms with Gasteiger partial charge in [-0.2, -0.15) is 0 Å². The van der Waals surface area contributed by atoms with Crippen molar-refractivity contribution in [3.05, 3.63) is 29.8 Å². The van der Waals surface area contributed by atoms with Gasteiger partial charge in [-0.05, 0) is 24.5 Å². The lowest BCUT2D eigenvalue weighted by Gasteiger charge is -2.25. The average Bonchev–Trinajstić information content (AvgIpc) is 3.19. The summed E-state index contributed by atoms with van der Waals surface area (Å²) in [5, 5.41) is 3.36. The van der Waals surface area contributed by atoms with Crippen LogP contribution in [-0.4, -0.2) is 58.9 Å². The summed E-state index contributed by atoms with van der Waals surface area (Å²) in [5.41, 5.74) is 1.75. The molecule has 0 amide bonds. The van der Waals surface area contributed by atoms with Gasteiger partial charge in [0.25, 0.3) is 0 Å². The first-order chi connectivity index (χ1) is 11.9. The molecular weight excluding hydrogens is 467 g/mol. The van der Waals surface area contributed by atoms with E-state index in [0.29, 0.717) is 12.2 Å². The van der Waals surface area contributed by atoms with E-state index in [0.717, 1.165) is 56.9 Å². The number of nitrogens with zero attached hydrogens (tertiary/aromatic N) is 2. The largest absolute Gasteiger partial charge is 0.381 e. The standard InChI is InChI=1S/C17H26N4O3S.HI/c1-18-16(21-9-7-17(12-21)8-10-24-13-17)19-11-14-5-3-4-6-15(14)20-25(2,22)23;/h3-6,20H,7-13H2,1-2H3,(H,18,19);1H. The van der Waals surface area contributed by atoms with Crippen molar-refractivity contribution in [3.63, 3.8) is 0 Å². The van der Waals surface area contributed by atoms with Gasteiger partial charge in [-0.3, -0.25) is 9.71 Å². The third-order valence-corrected chi connectivity index (χ3v) is 5.48. The van der Waals surface area contributed by atoms with Crippen molar-refractivity contribution in [2.75, 3.05) is 44.3 Å². The molecule has 0 bridgehead atoms. The fraction of sp³-hybridized carbons (Fsp3) is 0.588. The van der Waals surface area contributed by atoms with E-state index in [1.165, 1.54) is 0 Å². The van der Waals surface area contributed by atoms with E-state index in [4.69, 9.17) is 4.74 Å². The monoisotopic (exact) mass is 494 g/mol. The first-order valence-corrected chi connectivity index (χ1v) is 10.4. The van der Waals surface area contributed by atoms with Crippen molar-refractivity contribution >= 4 is 45.6 Å². The van der Waals surface area contributed by atoms with Crippen molar-refractivity contribution in [2.24, 2.45) is 10.4 Å². The average molecular weight is 494 g/mol. The van der Waals surface area contributed by atoms with Gasteiger partial charge in [-0.25, -0.2) is 8.42 Å². The molecule has 1 spiro atoms. The van der Waals surface area contributed by atoms with E-state index < -0.39 is 10.0 Å². The predicted molar refractivity (Wildman–Crippen MR) is 115 cm³/mol. The van der Waals surface area contributed by atoms with Gasteiger partial charge in [0.05, 0.1) is 18.6 Å². The Morgan fingerprint density at radius 2 is 2.12 bits per heavy atom. The van der Waals surface area contributed by atoms with Crippen LogP contribution in [0, 0.1) is 5.41 Å². The lowest BCUT2D eigenvalue weighted by atomic mass is 9.87. The first-order valence-electron chi connectivity index (χ1n) is 8.50. The molecule has 7 nitrogen and oxygen atoms in total. The third-order valence-electron chi connectivity index (χ3n) is 4.88. The number of guanidine groups is 1. The number of ether oxygens (including phenoxy) is 1. The Balaban J connectivity index is 0.00000243. The molecule has 0 aromatic heterocycles. The van der Waals surface area contributed by atoms with Gasteiger partial charge >= 0.3 is 0 Å². The zero-order valence-electron chi connectivity index (χ0n) is 15.2. The molecule has 2 aliphatic rings. The van der Waals surface area contributed by atoms with Gasteiger partial charge in [-0.15, -0.1) is 24.0 Å². The lowest BCUT2D eigenvalue weighted by molar-refractivity contribution is 0.156. The quantitative estimate of drug-likeness (QED) is 0.380. The Bertz CT molecular complexity index is 748. The molecule has 9 heteroatoms. The van der Waals surface area contributed by atoms with Crippen molar-refractivity contribution in [1.82, 2.24) is 10.2 Å². The highest BCUT2D eigenvalue weighted by Crippen LogP contribution is 2.38. The molecule has 2 N–H and O–H groups in total. The van der Waals surface area contributed by atoms with Crippen LogP contribution in [0.15, 0.2) is 29.3 Å². The van der Waals surface area contributed by atoms with Crippen LogP contribution in [0.3, 0.4) is 0 Å². The molecule has 2 aliphatic heterocycles. The first kappa shape index (κ1) is 21.2. The molecule has 0 radical (unpaired) electrons. The molecule has 146 valence electrons. The summed E-state index contributed by atoms with van der Waals surface area (Å²) in [6.45, 7) is 4.11.